The lowest BCUT2D eigenvalue weighted by Crippen LogP contribution is -2.38. The summed E-state index contributed by atoms with van der Waals surface area (Å²) in [5.41, 5.74) is 3.90. The molecule has 0 unspecified atom stereocenters. The van der Waals surface area contributed by atoms with Crippen molar-refractivity contribution in [3.8, 4) is 0 Å². The summed E-state index contributed by atoms with van der Waals surface area (Å²) < 4.78 is 21.0. The van der Waals surface area contributed by atoms with Crippen LogP contribution in [-0.2, 0) is 16.1 Å². The maximum absolute atomic E-state index is 13.4. The summed E-state index contributed by atoms with van der Waals surface area (Å²) in [6.07, 6.45) is 3.19. The van der Waals surface area contributed by atoms with Crippen LogP contribution in [0.4, 0.5) is 4.39 Å². The number of aromatic amines is 1. The summed E-state index contributed by atoms with van der Waals surface area (Å²) in [6, 6.07) is 12.0. The number of aromatic nitrogens is 2. The molecule has 5 rings (SSSR count). The van der Waals surface area contributed by atoms with E-state index in [0.717, 1.165) is 69.6 Å². The van der Waals surface area contributed by atoms with Gasteiger partial charge in [-0.2, -0.15) is 4.99 Å². The van der Waals surface area contributed by atoms with Gasteiger partial charge in [0.05, 0.1) is 24.2 Å². The van der Waals surface area contributed by atoms with Crippen molar-refractivity contribution in [3.05, 3.63) is 65.0 Å². The Morgan fingerprint density at radius 3 is 2.47 bits per heavy atom. The van der Waals surface area contributed by atoms with Gasteiger partial charge in [-0.3, -0.25) is 14.5 Å². The van der Waals surface area contributed by atoms with Gasteiger partial charge in [0.2, 0.25) is 11.5 Å². The lowest BCUT2D eigenvalue weighted by atomic mass is 9.85. The Morgan fingerprint density at radius 2 is 1.79 bits per heavy atom. The minimum absolute atomic E-state index is 0.00225. The fourth-order valence-electron chi connectivity index (χ4n) is 5.50. The van der Waals surface area contributed by atoms with Gasteiger partial charge in [0.25, 0.3) is 5.91 Å². The number of morpholine rings is 1. The van der Waals surface area contributed by atoms with Crippen LogP contribution >= 0.6 is 0 Å². The first-order chi connectivity index (χ1) is 18.4. The number of hydrogen-bond donors (Lipinski definition) is 2. The monoisotopic (exact) mass is 521 g/mol. The van der Waals surface area contributed by atoms with Gasteiger partial charge in [-0.05, 0) is 81.5 Å². The molecule has 38 heavy (non-hydrogen) atoms. The fraction of sp³-hybridized carbons (Fsp3) is 0.483. The van der Waals surface area contributed by atoms with Crippen LogP contribution in [0.3, 0.4) is 0 Å². The normalized spacial score (nSPS) is 21.2. The quantitative estimate of drug-likeness (QED) is 0.514. The number of imidazole rings is 1. The van der Waals surface area contributed by atoms with Crippen LogP contribution in [-0.4, -0.2) is 58.6 Å². The predicted molar refractivity (Wildman–Crippen MR) is 143 cm³/mol. The summed E-state index contributed by atoms with van der Waals surface area (Å²) in [7, 11) is 0. The minimum atomic E-state index is -0.427. The van der Waals surface area contributed by atoms with Crippen molar-refractivity contribution in [1.82, 2.24) is 19.8 Å². The van der Waals surface area contributed by atoms with Gasteiger partial charge in [-0.25, -0.2) is 4.39 Å². The minimum Gasteiger partial charge on any atom is -0.379 e. The van der Waals surface area contributed by atoms with Crippen LogP contribution in [0.5, 0.6) is 0 Å². The molecule has 1 aliphatic heterocycles. The molecular weight excluding hydrogens is 485 g/mol. The molecule has 0 bridgehead atoms. The van der Waals surface area contributed by atoms with Gasteiger partial charge in [-0.1, -0.05) is 6.07 Å². The first-order valence-electron chi connectivity index (χ1n) is 13.6. The first kappa shape index (κ1) is 26.3. The SMILES string of the molecule is CC(C)NC(=O)C1CCC(n2/c(=N\C(=O)c3ccc(F)cc3)[nH]c3ccc(CN4CCOCC4)cc32)CC1. The number of ether oxygens (including phenoxy) is 1. The smallest absolute Gasteiger partial charge is 0.280 e. The third kappa shape index (κ3) is 6.05. The molecule has 2 aliphatic rings. The molecule has 3 aromatic rings. The highest BCUT2D eigenvalue weighted by molar-refractivity contribution is 5.95. The summed E-state index contributed by atoms with van der Waals surface area (Å²) in [5.74, 6) is -0.707. The number of hydrogen-bond acceptors (Lipinski definition) is 4. The average molecular weight is 522 g/mol. The molecule has 1 aromatic heterocycles. The molecule has 1 saturated carbocycles. The van der Waals surface area contributed by atoms with Crippen molar-refractivity contribution < 1.29 is 18.7 Å². The van der Waals surface area contributed by atoms with Crippen molar-refractivity contribution in [2.75, 3.05) is 26.3 Å². The number of carbonyl (C=O) groups is 2. The van der Waals surface area contributed by atoms with E-state index in [-0.39, 0.29) is 23.9 Å². The molecule has 1 saturated heterocycles. The zero-order valence-electron chi connectivity index (χ0n) is 22.1. The molecule has 2 aromatic carbocycles. The van der Waals surface area contributed by atoms with Gasteiger partial charge >= 0.3 is 0 Å². The van der Waals surface area contributed by atoms with E-state index in [1.807, 2.05) is 19.9 Å². The number of carbonyl (C=O) groups excluding carboxylic acids is 2. The molecule has 2 N–H and O–H groups in total. The molecule has 0 radical (unpaired) electrons. The Morgan fingerprint density at radius 1 is 1.08 bits per heavy atom. The van der Waals surface area contributed by atoms with Crippen molar-refractivity contribution in [1.29, 1.82) is 0 Å². The third-order valence-corrected chi connectivity index (χ3v) is 7.47. The first-order valence-corrected chi connectivity index (χ1v) is 13.6. The number of halogens is 1. The van der Waals surface area contributed by atoms with Crippen molar-refractivity contribution in [2.45, 2.75) is 58.2 Å². The molecule has 1 aliphatic carbocycles. The van der Waals surface area contributed by atoms with Gasteiger partial charge in [0.1, 0.15) is 5.82 Å². The molecule has 2 heterocycles. The Labute approximate surface area is 221 Å². The second-order valence-corrected chi connectivity index (χ2v) is 10.7. The van der Waals surface area contributed by atoms with Gasteiger partial charge < -0.3 is 19.6 Å². The second kappa shape index (κ2) is 11.6. The van der Waals surface area contributed by atoms with E-state index >= 15 is 0 Å². The molecule has 0 spiro atoms. The lowest BCUT2D eigenvalue weighted by molar-refractivity contribution is -0.126. The van der Waals surface area contributed by atoms with Crippen molar-refractivity contribution >= 4 is 22.8 Å². The molecule has 2 amide bonds. The maximum Gasteiger partial charge on any atom is 0.280 e. The van der Waals surface area contributed by atoms with E-state index in [0.29, 0.717) is 11.2 Å². The fourth-order valence-corrected chi connectivity index (χ4v) is 5.50. The summed E-state index contributed by atoms with van der Waals surface area (Å²) in [6.45, 7) is 8.08. The van der Waals surface area contributed by atoms with Gasteiger partial charge in [0.15, 0.2) is 0 Å². The predicted octanol–water partition coefficient (Wildman–Crippen LogP) is 3.94. The Bertz CT molecular complexity index is 1350. The average Bonchev–Trinajstić information content (AvgIpc) is 3.26. The Balaban J connectivity index is 1.48. The number of H-pyrrole nitrogens is 1. The zero-order valence-corrected chi connectivity index (χ0v) is 22.1. The highest BCUT2D eigenvalue weighted by Crippen LogP contribution is 2.33. The lowest BCUT2D eigenvalue weighted by Gasteiger charge is -2.30. The number of amides is 2. The van der Waals surface area contributed by atoms with E-state index in [1.165, 1.54) is 29.8 Å². The van der Waals surface area contributed by atoms with Crippen LogP contribution in [0.1, 0.15) is 61.5 Å². The molecule has 202 valence electrons. The maximum atomic E-state index is 13.4. The standard InChI is InChI=1S/C29H36FN5O3/c1-19(2)31-27(36)22-6-10-24(11-7-22)35-26-17-20(18-34-13-15-38-16-14-34)3-12-25(26)32-29(35)33-28(37)21-4-8-23(30)9-5-21/h3-5,8-9,12,17,19,22,24H,6-7,10-11,13-16,18H2,1-2H3,(H,31,36)(H,32,33,37). The van der Waals surface area contributed by atoms with Crippen LogP contribution in [0.25, 0.3) is 11.0 Å². The van der Waals surface area contributed by atoms with Gasteiger partial charge in [-0.15, -0.1) is 0 Å². The number of fused-ring (bicyclic) bond motifs is 1. The Hall–Kier alpha value is -3.30. The van der Waals surface area contributed by atoms with E-state index in [1.54, 1.807) is 0 Å². The van der Waals surface area contributed by atoms with Crippen LogP contribution in [0, 0.1) is 11.7 Å². The number of benzene rings is 2. The number of nitrogens with zero attached hydrogens (tertiary/aromatic N) is 3. The summed E-state index contributed by atoms with van der Waals surface area (Å²) in [4.78, 5) is 35.8. The van der Waals surface area contributed by atoms with Crippen molar-refractivity contribution in [2.24, 2.45) is 10.9 Å². The molecular formula is C29H36FN5O3. The van der Waals surface area contributed by atoms with Crippen LogP contribution < -0.4 is 10.9 Å². The van der Waals surface area contributed by atoms with Gasteiger partial charge in [0, 0.05) is 43.2 Å². The molecule has 8 nitrogen and oxygen atoms in total. The zero-order chi connectivity index (χ0) is 26.6. The van der Waals surface area contributed by atoms with E-state index in [2.05, 4.69) is 36.9 Å². The largest absolute Gasteiger partial charge is 0.379 e. The topological polar surface area (TPSA) is 91.7 Å². The number of rotatable bonds is 6. The highest BCUT2D eigenvalue weighted by atomic mass is 19.1. The summed E-state index contributed by atoms with van der Waals surface area (Å²) >= 11 is 0. The van der Waals surface area contributed by atoms with E-state index < -0.39 is 11.7 Å². The third-order valence-electron chi connectivity index (χ3n) is 7.47. The number of nitrogens with one attached hydrogen (secondary N) is 2. The van der Waals surface area contributed by atoms with Crippen LogP contribution in [0.15, 0.2) is 47.5 Å². The molecule has 2 fully saturated rings. The van der Waals surface area contributed by atoms with E-state index in [9.17, 15) is 14.0 Å². The second-order valence-electron chi connectivity index (χ2n) is 10.7. The molecule has 0 atom stereocenters. The highest BCUT2D eigenvalue weighted by Gasteiger charge is 2.29. The van der Waals surface area contributed by atoms with Crippen LogP contribution in [0.2, 0.25) is 0 Å². The van der Waals surface area contributed by atoms with Crippen molar-refractivity contribution in [3.63, 3.8) is 0 Å². The Kier molecular flexibility index (Phi) is 8.04. The van der Waals surface area contributed by atoms with E-state index in [4.69, 9.17) is 4.74 Å². The summed E-state index contributed by atoms with van der Waals surface area (Å²) in [5, 5.41) is 3.04. The molecule has 9 heteroatoms.